The van der Waals surface area contributed by atoms with Crippen molar-refractivity contribution < 1.29 is 13.6 Å². The lowest BCUT2D eigenvalue weighted by Gasteiger charge is -2.11. The number of carbonyl (C=O) groups excluding carboxylic acids is 1. The number of aryl methyl sites for hydroxylation is 1. The highest BCUT2D eigenvalue weighted by Crippen LogP contribution is 2.26. The van der Waals surface area contributed by atoms with Gasteiger partial charge in [-0.05, 0) is 30.7 Å². The molecule has 0 unspecified atom stereocenters. The summed E-state index contributed by atoms with van der Waals surface area (Å²) in [4.78, 5) is 12.0. The van der Waals surface area contributed by atoms with Crippen LogP contribution in [-0.2, 0) is 0 Å². The van der Waals surface area contributed by atoms with E-state index in [0.717, 1.165) is 17.7 Å². The van der Waals surface area contributed by atoms with Crippen molar-refractivity contribution in [3.05, 3.63) is 58.1 Å². The van der Waals surface area contributed by atoms with E-state index in [4.69, 9.17) is 17.3 Å². The highest BCUT2D eigenvalue weighted by atomic mass is 35.5. The molecule has 104 valence electrons. The zero-order chi connectivity index (χ0) is 14.9. The molecule has 0 aliphatic rings. The van der Waals surface area contributed by atoms with Crippen LogP contribution in [0.2, 0.25) is 5.02 Å². The van der Waals surface area contributed by atoms with Gasteiger partial charge in [0.25, 0.3) is 5.91 Å². The molecule has 2 rings (SSSR count). The SMILES string of the molecule is Cc1cccc(Cl)c1NC(=O)c1cc(F)c(N)c(F)c1. The number of benzene rings is 2. The van der Waals surface area contributed by atoms with Crippen LogP contribution in [0.25, 0.3) is 0 Å². The average Bonchev–Trinajstić information content (AvgIpc) is 2.39. The van der Waals surface area contributed by atoms with E-state index in [9.17, 15) is 13.6 Å². The first-order chi connectivity index (χ1) is 9.40. The summed E-state index contributed by atoms with van der Waals surface area (Å²) in [6.07, 6.45) is 0. The van der Waals surface area contributed by atoms with Gasteiger partial charge in [0.1, 0.15) is 17.3 Å². The van der Waals surface area contributed by atoms with Crippen LogP contribution in [0.15, 0.2) is 30.3 Å². The zero-order valence-corrected chi connectivity index (χ0v) is 11.3. The van der Waals surface area contributed by atoms with Crippen molar-refractivity contribution in [2.75, 3.05) is 11.1 Å². The molecule has 2 aromatic carbocycles. The predicted molar refractivity (Wildman–Crippen MR) is 74.9 cm³/mol. The molecule has 20 heavy (non-hydrogen) atoms. The number of halogens is 3. The summed E-state index contributed by atoms with van der Waals surface area (Å²) in [5.41, 5.74) is 5.50. The van der Waals surface area contributed by atoms with Gasteiger partial charge in [-0.25, -0.2) is 8.78 Å². The van der Waals surface area contributed by atoms with Crippen LogP contribution in [0.4, 0.5) is 20.2 Å². The summed E-state index contributed by atoms with van der Waals surface area (Å²) in [5, 5.41) is 2.87. The summed E-state index contributed by atoms with van der Waals surface area (Å²) in [6.45, 7) is 1.76. The second-order valence-electron chi connectivity index (χ2n) is 4.24. The van der Waals surface area contributed by atoms with Crippen LogP contribution in [0.1, 0.15) is 15.9 Å². The Morgan fingerprint density at radius 1 is 1.25 bits per heavy atom. The third-order valence-electron chi connectivity index (χ3n) is 2.80. The number of para-hydroxylation sites is 1. The van der Waals surface area contributed by atoms with E-state index in [1.165, 1.54) is 0 Å². The molecule has 0 aliphatic heterocycles. The van der Waals surface area contributed by atoms with Crippen LogP contribution in [0.5, 0.6) is 0 Å². The standard InChI is InChI=1S/C14H11ClF2N2O/c1-7-3-2-4-9(15)13(7)19-14(20)8-5-10(16)12(18)11(17)6-8/h2-6H,18H2,1H3,(H,19,20). The Bertz CT molecular complexity index is 646. The fourth-order valence-corrected chi connectivity index (χ4v) is 1.96. The first-order valence-corrected chi connectivity index (χ1v) is 6.09. The Labute approximate surface area is 119 Å². The lowest BCUT2D eigenvalue weighted by molar-refractivity contribution is 0.102. The molecule has 2 aromatic rings. The van der Waals surface area contributed by atoms with Crippen LogP contribution in [0, 0.1) is 18.6 Å². The third-order valence-corrected chi connectivity index (χ3v) is 3.12. The number of amides is 1. The van der Waals surface area contributed by atoms with Crippen molar-refractivity contribution in [2.45, 2.75) is 6.92 Å². The Kier molecular flexibility index (Phi) is 3.90. The molecule has 0 spiro atoms. The second kappa shape index (κ2) is 5.46. The fourth-order valence-electron chi connectivity index (χ4n) is 1.69. The summed E-state index contributed by atoms with van der Waals surface area (Å²) in [6, 6.07) is 6.84. The molecule has 0 bridgehead atoms. The van der Waals surface area contributed by atoms with Crippen molar-refractivity contribution in [3.63, 3.8) is 0 Å². The molecule has 0 atom stereocenters. The van der Waals surface area contributed by atoms with E-state index < -0.39 is 23.2 Å². The average molecular weight is 297 g/mol. The summed E-state index contributed by atoms with van der Waals surface area (Å²) >= 11 is 5.97. The van der Waals surface area contributed by atoms with E-state index in [0.29, 0.717) is 10.7 Å². The van der Waals surface area contributed by atoms with Gasteiger partial charge in [0.2, 0.25) is 0 Å². The van der Waals surface area contributed by atoms with Crippen LogP contribution < -0.4 is 11.1 Å². The Hall–Kier alpha value is -2.14. The lowest BCUT2D eigenvalue weighted by atomic mass is 10.1. The first-order valence-electron chi connectivity index (χ1n) is 5.71. The van der Waals surface area contributed by atoms with Crippen molar-refractivity contribution in [1.29, 1.82) is 0 Å². The number of hydrogen-bond acceptors (Lipinski definition) is 2. The van der Waals surface area contributed by atoms with E-state index in [2.05, 4.69) is 5.32 Å². The van der Waals surface area contributed by atoms with Crippen molar-refractivity contribution >= 4 is 28.9 Å². The summed E-state index contributed by atoms with van der Waals surface area (Å²) in [7, 11) is 0. The Morgan fingerprint density at radius 2 is 1.85 bits per heavy atom. The maximum Gasteiger partial charge on any atom is 0.255 e. The number of anilines is 2. The minimum Gasteiger partial charge on any atom is -0.394 e. The molecular weight excluding hydrogens is 286 g/mol. The molecule has 0 heterocycles. The predicted octanol–water partition coefficient (Wildman–Crippen LogP) is 3.76. The second-order valence-corrected chi connectivity index (χ2v) is 4.65. The monoisotopic (exact) mass is 296 g/mol. The van der Waals surface area contributed by atoms with Gasteiger partial charge in [0, 0.05) is 5.56 Å². The molecule has 0 aromatic heterocycles. The van der Waals surface area contributed by atoms with Crippen LogP contribution in [0.3, 0.4) is 0 Å². The minimum absolute atomic E-state index is 0.173. The Balaban J connectivity index is 2.34. The van der Waals surface area contributed by atoms with Crippen molar-refractivity contribution in [1.82, 2.24) is 0 Å². The van der Waals surface area contributed by atoms with Crippen LogP contribution >= 0.6 is 11.6 Å². The summed E-state index contributed by atoms with van der Waals surface area (Å²) < 4.78 is 26.7. The molecule has 6 heteroatoms. The van der Waals surface area contributed by atoms with Crippen molar-refractivity contribution in [3.8, 4) is 0 Å². The van der Waals surface area contributed by atoms with Gasteiger partial charge in [-0.1, -0.05) is 23.7 Å². The van der Waals surface area contributed by atoms with Crippen LogP contribution in [-0.4, -0.2) is 5.91 Å². The van der Waals surface area contributed by atoms with Gasteiger partial charge >= 0.3 is 0 Å². The summed E-state index contributed by atoms with van der Waals surface area (Å²) in [5.74, 6) is -2.63. The molecule has 3 nitrogen and oxygen atoms in total. The van der Waals surface area contributed by atoms with Gasteiger partial charge in [-0.15, -0.1) is 0 Å². The van der Waals surface area contributed by atoms with Crippen molar-refractivity contribution in [2.24, 2.45) is 0 Å². The first kappa shape index (κ1) is 14.3. The highest BCUT2D eigenvalue weighted by molar-refractivity contribution is 6.34. The number of nitrogens with one attached hydrogen (secondary N) is 1. The van der Waals surface area contributed by atoms with Gasteiger partial charge in [-0.3, -0.25) is 4.79 Å². The molecular formula is C14H11ClF2N2O. The fraction of sp³-hybridized carbons (Fsp3) is 0.0714. The maximum atomic E-state index is 13.3. The third kappa shape index (κ3) is 2.72. The van der Waals surface area contributed by atoms with E-state index >= 15 is 0 Å². The van der Waals surface area contributed by atoms with Gasteiger partial charge in [0.15, 0.2) is 0 Å². The maximum absolute atomic E-state index is 13.3. The molecule has 3 N–H and O–H groups in total. The molecule has 0 aliphatic carbocycles. The Morgan fingerprint density at radius 3 is 2.40 bits per heavy atom. The van der Waals surface area contributed by atoms with E-state index in [1.807, 2.05) is 0 Å². The van der Waals surface area contributed by atoms with E-state index in [-0.39, 0.29) is 5.56 Å². The quantitative estimate of drug-likeness (QED) is 0.829. The normalized spacial score (nSPS) is 10.4. The number of nitrogen functional groups attached to an aromatic ring is 1. The molecule has 0 fully saturated rings. The topological polar surface area (TPSA) is 55.1 Å². The largest absolute Gasteiger partial charge is 0.394 e. The highest BCUT2D eigenvalue weighted by Gasteiger charge is 2.15. The van der Waals surface area contributed by atoms with Gasteiger partial charge < -0.3 is 11.1 Å². The number of carbonyl (C=O) groups is 1. The lowest BCUT2D eigenvalue weighted by Crippen LogP contribution is -2.14. The number of nitrogens with two attached hydrogens (primary N) is 1. The molecule has 0 saturated heterocycles. The minimum atomic E-state index is -0.981. The van der Waals surface area contributed by atoms with Gasteiger partial charge in [0.05, 0.1) is 10.7 Å². The smallest absolute Gasteiger partial charge is 0.255 e. The van der Waals surface area contributed by atoms with E-state index in [1.54, 1.807) is 25.1 Å². The molecule has 0 saturated carbocycles. The molecule has 0 radical (unpaired) electrons. The zero-order valence-electron chi connectivity index (χ0n) is 10.5. The molecule has 1 amide bonds. The van der Waals surface area contributed by atoms with Gasteiger partial charge in [-0.2, -0.15) is 0 Å². The number of rotatable bonds is 2. The number of hydrogen-bond donors (Lipinski definition) is 2.